The van der Waals surface area contributed by atoms with E-state index < -0.39 is 66.1 Å². The second-order valence-corrected chi connectivity index (χ2v) is 15.5. The van der Waals surface area contributed by atoms with Crippen LogP contribution in [-0.2, 0) is 46.4 Å². The highest BCUT2D eigenvalue weighted by Crippen LogP contribution is 2.15. The van der Waals surface area contributed by atoms with Crippen LogP contribution in [0.3, 0.4) is 0 Å². The van der Waals surface area contributed by atoms with E-state index in [-0.39, 0.29) is 31.1 Å². The molecule has 2 rings (SSSR count). The van der Waals surface area contributed by atoms with Gasteiger partial charge in [-0.15, -0.1) is 0 Å². The molecule has 0 aliphatic heterocycles. The summed E-state index contributed by atoms with van der Waals surface area (Å²) < 4.78 is 0. The van der Waals surface area contributed by atoms with Gasteiger partial charge >= 0.3 is 5.97 Å². The van der Waals surface area contributed by atoms with Crippen molar-refractivity contribution in [3.05, 3.63) is 71.3 Å². The van der Waals surface area contributed by atoms with Crippen molar-refractivity contribution in [3.8, 4) is 6.07 Å². The topological polar surface area (TPSA) is 264 Å². The lowest BCUT2D eigenvalue weighted by Gasteiger charge is -2.26. The van der Waals surface area contributed by atoms with E-state index in [1.807, 2.05) is 19.9 Å². The van der Waals surface area contributed by atoms with Crippen molar-refractivity contribution in [3.63, 3.8) is 0 Å². The Balaban J connectivity index is 1.58. The molecule has 0 fully saturated rings. The summed E-state index contributed by atoms with van der Waals surface area (Å²) in [6.07, 6.45) is 12.4. The van der Waals surface area contributed by atoms with Crippen LogP contribution >= 0.6 is 0 Å². The number of primary amides is 2. The average Bonchev–Trinajstić information content (AvgIpc) is 3.22. The van der Waals surface area contributed by atoms with E-state index >= 15 is 0 Å². The van der Waals surface area contributed by atoms with Crippen LogP contribution in [0.1, 0.15) is 133 Å². The third-order valence-corrected chi connectivity index (χ3v) is 10.5. The van der Waals surface area contributed by atoms with Crippen LogP contribution in [0.4, 0.5) is 0 Å². The van der Waals surface area contributed by atoms with E-state index in [1.54, 1.807) is 54.6 Å². The normalized spacial score (nSPS) is 13.3. The number of nitriles is 1. The first-order valence-electron chi connectivity index (χ1n) is 21.3. The molecule has 0 saturated carbocycles. The molecule has 2 aromatic rings. The molecule has 15 heteroatoms. The van der Waals surface area contributed by atoms with Crippen molar-refractivity contribution in [2.24, 2.45) is 17.4 Å². The Morgan fingerprint density at radius 1 is 0.617 bits per heavy atom. The summed E-state index contributed by atoms with van der Waals surface area (Å²) in [7, 11) is 0. The quantitative estimate of drug-likeness (QED) is 0.0535. The van der Waals surface area contributed by atoms with Gasteiger partial charge in [-0.1, -0.05) is 127 Å². The lowest BCUT2D eigenvalue weighted by Crippen LogP contribution is -2.55. The molecule has 60 heavy (non-hydrogen) atoms. The van der Waals surface area contributed by atoms with Gasteiger partial charge in [-0.25, -0.2) is 4.79 Å². The molecule has 9 N–H and O–H groups in total. The number of nitrogens with two attached hydrogens (primary N) is 2. The number of hydrogen-bond acceptors (Lipinski definition) is 8. The molecule has 0 spiro atoms. The maximum atomic E-state index is 13.2. The van der Waals surface area contributed by atoms with Gasteiger partial charge < -0.3 is 37.8 Å². The standard InChI is InChI=1S/C45H65N7O8/c1-3-31(2)41(44(58)50-35(42(48)56)27-33-23-25-34(30-46)26-24-33)52-40(55)22-18-13-11-9-7-5-4-6-8-10-12-17-21-39(54)49-36(29-38(47)53)43(57)51-37(45(59)60)28-32-19-15-14-16-20-32/h14-16,19-20,23-26,31,35-37,41H,3-13,17-18,21-22,27-29H2,1-2H3,(H2,47,53)(H2,48,56)(H,49,54)(H,50,58)(H,51,57)(H,52,55)(H,59,60)/t31-,35-,36-,37-,41-/m0/s1. The summed E-state index contributed by atoms with van der Waals surface area (Å²) in [6.45, 7) is 3.80. The number of nitrogens with zero attached hydrogens (tertiary/aromatic N) is 1. The lowest BCUT2D eigenvalue weighted by atomic mass is 9.96. The maximum absolute atomic E-state index is 13.2. The fourth-order valence-electron chi connectivity index (χ4n) is 6.72. The Bertz CT molecular complexity index is 1710. The molecule has 2 aromatic carbocycles. The maximum Gasteiger partial charge on any atom is 0.326 e. The van der Waals surface area contributed by atoms with Gasteiger partial charge in [0.25, 0.3) is 0 Å². The number of carboxylic acids is 1. The molecule has 0 heterocycles. The number of amides is 6. The monoisotopic (exact) mass is 831 g/mol. The highest BCUT2D eigenvalue weighted by Gasteiger charge is 2.30. The first-order valence-corrected chi connectivity index (χ1v) is 21.3. The molecule has 328 valence electrons. The number of aliphatic carboxylic acids is 1. The minimum atomic E-state index is -1.27. The van der Waals surface area contributed by atoms with Crippen molar-refractivity contribution in [1.82, 2.24) is 21.3 Å². The van der Waals surface area contributed by atoms with E-state index in [0.717, 1.165) is 69.8 Å². The molecule has 0 aliphatic rings. The molecule has 0 unspecified atom stereocenters. The Morgan fingerprint density at radius 3 is 1.55 bits per heavy atom. The van der Waals surface area contributed by atoms with Crippen molar-refractivity contribution < 1.29 is 38.7 Å². The third kappa shape index (κ3) is 20.8. The van der Waals surface area contributed by atoms with Gasteiger partial charge in [0.2, 0.25) is 35.4 Å². The number of carbonyl (C=O) groups excluding carboxylic acids is 6. The number of rotatable bonds is 31. The van der Waals surface area contributed by atoms with Gasteiger partial charge in [-0.05, 0) is 42.0 Å². The van der Waals surface area contributed by atoms with E-state index in [0.29, 0.717) is 36.8 Å². The fraction of sp³-hybridized carbons (Fsp3) is 0.556. The number of unbranched alkanes of at least 4 members (excludes halogenated alkanes) is 11. The average molecular weight is 832 g/mol. The molecule has 15 nitrogen and oxygen atoms in total. The second-order valence-electron chi connectivity index (χ2n) is 15.5. The van der Waals surface area contributed by atoms with Crippen molar-refractivity contribution >= 4 is 41.4 Å². The SMILES string of the molecule is CC[C@H](C)[C@H](NC(=O)CCCCCCCCCCCCCCC(=O)N[C@@H](CC(N)=O)C(=O)N[C@@H](Cc1ccccc1)C(=O)O)C(=O)N[C@@H](Cc1ccc(C#N)cc1)C(N)=O. The van der Waals surface area contributed by atoms with Crippen LogP contribution < -0.4 is 32.7 Å². The molecule has 5 atom stereocenters. The van der Waals surface area contributed by atoms with Crippen molar-refractivity contribution in [2.45, 2.75) is 154 Å². The fourth-order valence-corrected chi connectivity index (χ4v) is 6.72. The van der Waals surface area contributed by atoms with Crippen LogP contribution in [0.15, 0.2) is 54.6 Å². The van der Waals surface area contributed by atoms with E-state index in [2.05, 4.69) is 21.3 Å². The summed E-state index contributed by atoms with van der Waals surface area (Å²) in [5.41, 5.74) is 12.8. The number of nitrogens with one attached hydrogen (secondary N) is 4. The zero-order valence-corrected chi connectivity index (χ0v) is 35.2. The largest absolute Gasteiger partial charge is 0.480 e. The highest BCUT2D eigenvalue weighted by molar-refractivity contribution is 5.94. The summed E-state index contributed by atoms with van der Waals surface area (Å²) in [5.74, 6) is -4.72. The number of benzene rings is 2. The predicted molar refractivity (Wildman–Crippen MR) is 227 cm³/mol. The minimum absolute atomic E-state index is 0.0423. The van der Waals surface area contributed by atoms with E-state index in [1.165, 1.54) is 0 Å². The highest BCUT2D eigenvalue weighted by atomic mass is 16.4. The second kappa shape index (κ2) is 28.6. The van der Waals surface area contributed by atoms with E-state index in [4.69, 9.17) is 16.7 Å². The Labute approximate surface area is 354 Å². The summed E-state index contributed by atoms with van der Waals surface area (Å²) in [4.78, 5) is 87.0. The van der Waals surface area contributed by atoms with Crippen molar-refractivity contribution in [1.29, 1.82) is 5.26 Å². The Kier molecular flexibility index (Phi) is 24.0. The molecule has 6 amide bonds. The molecule has 0 radical (unpaired) electrons. The van der Waals surface area contributed by atoms with Gasteiger partial charge in [-0.2, -0.15) is 5.26 Å². The first-order chi connectivity index (χ1) is 28.7. The Morgan fingerprint density at radius 2 is 1.08 bits per heavy atom. The molecular formula is C45H65N7O8. The number of carbonyl (C=O) groups is 7. The number of hydrogen-bond donors (Lipinski definition) is 7. The van der Waals surface area contributed by atoms with E-state index in [9.17, 15) is 38.7 Å². The summed E-state index contributed by atoms with van der Waals surface area (Å²) in [6, 6.07) is 13.3. The van der Waals surface area contributed by atoms with Gasteiger partial charge in [0, 0.05) is 25.7 Å². The van der Waals surface area contributed by atoms with Gasteiger partial charge in [-0.3, -0.25) is 28.8 Å². The first kappa shape index (κ1) is 50.4. The smallest absolute Gasteiger partial charge is 0.326 e. The van der Waals surface area contributed by atoms with Crippen molar-refractivity contribution in [2.75, 3.05) is 0 Å². The van der Waals surface area contributed by atoms with Crippen LogP contribution in [0.25, 0.3) is 0 Å². The van der Waals surface area contributed by atoms with Crippen LogP contribution in [0.2, 0.25) is 0 Å². The molecule has 0 aromatic heterocycles. The zero-order chi connectivity index (χ0) is 44.3. The van der Waals surface area contributed by atoms with Crippen LogP contribution in [0.5, 0.6) is 0 Å². The molecular weight excluding hydrogens is 767 g/mol. The van der Waals surface area contributed by atoms with Gasteiger partial charge in [0.15, 0.2) is 0 Å². The lowest BCUT2D eigenvalue weighted by molar-refractivity contribution is -0.142. The predicted octanol–water partition coefficient (Wildman–Crippen LogP) is 4.24. The summed E-state index contributed by atoms with van der Waals surface area (Å²) >= 11 is 0. The zero-order valence-electron chi connectivity index (χ0n) is 35.2. The Hall–Kier alpha value is -5.78. The van der Waals surface area contributed by atoms with Crippen LogP contribution in [0, 0.1) is 17.2 Å². The molecule has 0 saturated heterocycles. The molecule has 0 aliphatic carbocycles. The van der Waals surface area contributed by atoms with Gasteiger partial charge in [0.1, 0.15) is 24.2 Å². The molecule has 0 bridgehead atoms. The summed E-state index contributed by atoms with van der Waals surface area (Å²) in [5, 5.41) is 29.2. The number of carboxylic acid groups (broad SMARTS) is 1. The minimum Gasteiger partial charge on any atom is -0.480 e. The third-order valence-electron chi connectivity index (χ3n) is 10.5. The van der Waals surface area contributed by atoms with Crippen LogP contribution in [-0.4, -0.2) is 70.7 Å². The van der Waals surface area contributed by atoms with Gasteiger partial charge in [0.05, 0.1) is 18.1 Å².